The summed E-state index contributed by atoms with van der Waals surface area (Å²) >= 11 is 8.15. The second-order valence-electron chi connectivity index (χ2n) is 29.4. The van der Waals surface area contributed by atoms with Crippen molar-refractivity contribution in [1.82, 2.24) is 71.1 Å². The van der Waals surface area contributed by atoms with E-state index in [1.54, 1.807) is 90.5 Å². The van der Waals surface area contributed by atoms with E-state index in [1.165, 1.54) is 128 Å². The molecule has 1 unspecified atom stereocenters. The Labute approximate surface area is 844 Å². The number of aromatic amines is 1. The van der Waals surface area contributed by atoms with Gasteiger partial charge in [-0.1, -0.05) is 122 Å². The number of hydrogen-bond donors (Lipinski definition) is 9. The number of para-hydroxylation sites is 1. The third kappa shape index (κ3) is 43.0. The molecule has 7 amide bonds. The lowest BCUT2D eigenvalue weighted by molar-refractivity contribution is -0.135. The molecular formula is C102H118Br2N16O21S. The Bertz CT molecular complexity index is 6040. The van der Waals surface area contributed by atoms with Crippen LogP contribution in [0, 0.1) is 20.8 Å². The number of methoxy groups -OCH3 is 7. The highest BCUT2D eigenvalue weighted by Crippen LogP contribution is 2.27. The smallest absolute Gasteiger partial charge is 0.330 e. The topological polar surface area (TPSA) is 472 Å². The molecule has 11 rings (SSSR count). The van der Waals surface area contributed by atoms with Gasteiger partial charge in [0, 0.05) is 200 Å². The molecule has 0 radical (unpaired) electrons. The Morgan fingerprint density at radius 3 is 1.42 bits per heavy atom. The Hall–Kier alpha value is -15.8. The van der Waals surface area contributed by atoms with Gasteiger partial charge in [-0.25, -0.2) is 43.5 Å². The van der Waals surface area contributed by atoms with Gasteiger partial charge in [0.15, 0.2) is 5.69 Å². The number of benzene rings is 6. The Balaban J connectivity index is 0.000000292. The fourth-order valence-electron chi connectivity index (χ4n) is 12.2. The Morgan fingerprint density at radius 1 is 0.465 bits per heavy atom. The van der Waals surface area contributed by atoms with E-state index >= 15 is 0 Å². The number of nitrogens with zero attached hydrogens (tertiary/aromatic N) is 7. The molecule has 9 N–H and O–H groups in total. The van der Waals surface area contributed by atoms with E-state index in [1.807, 2.05) is 160 Å². The molecule has 1 aliphatic rings. The van der Waals surface area contributed by atoms with E-state index in [0.29, 0.717) is 52.6 Å². The molecule has 752 valence electrons. The number of aryl methyl sites for hydroxylation is 4. The van der Waals surface area contributed by atoms with Gasteiger partial charge in [-0.3, -0.25) is 38.2 Å². The van der Waals surface area contributed by atoms with E-state index in [4.69, 9.17) is 0 Å². The summed E-state index contributed by atoms with van der Waals surface area (Å²) in [6.07, 6.45) is 32.6. The quantitative estimate of drug-likeness (QED) is 0.00762. The third-order valence-corrected chi connectivity index (χ3v) is 21.5. The number of imidazole rings is 2. The predicted octanol–water partition coefficient (Wildman–Crippen LogP) is 12.2. The fourth-order valence-corrected chi connectivity index (χ4v) is 13.6. The molecule has 142 heavy (non-hydrogen) atoms. The molecule has 1 saturated heterocycles. The van der Waals surface area contributed by atoms with Crippen molar-refractivity contribution in [1.29, 1.82) is 0 Å². The van der Waals surface area contributed by atoms with Crippen LogP contribution in [0.25, 0.3) is 28.0 Å². The number of carbonyl (C=O) groups excluding carboxylic acids is 14. The average Bonchev–Trinajstić information content (AvgIpc) is 1.64. The van der Waals surface area contributed by atoms with E-state index in [9.17, 15) is 67.1 Å². The highest BCUT2D eigenvalue weighted by atomic mass is 79.9. The number of hydrogen-bond acceptors (Lipinski definition) is 27. The van der Waals surface area contributed by atoms with Gasteiger partial charge in [-0.2, -0.15) is 5.10 Å². The predicted molar refractivity (Wildman–Crippen MR) is 548 cm³/mol. The summed E-state index contributed by atoms with van der Waals surface area (Å²) < 4.78 is 38.4. The van der Waals surface area contributed by atoms with Gasteiger partial charge in [0.25, 0.3) is 29.5 Å². The lowest BCUT2D eigenvalue weighted by atomic mass is 10.1. The van der Waals surface area contributed by atoms with Crippen molar-refractivity contribution in [2.24, 2.45) is 7.05 Å². The van der Waals surface area contributed by atoms with Gasteiger partial charge in [0.2, 0.25) is 11.8 Å². The first kappa shape index (κ1) is 117. The Kier molecular flexibility index (Phi) is 54.1. The van der Waals surface area contributed by atoms with Gasteiger partial charge < -0.3 is 94.7 Å². The molecule has 0 bridgehead atoms. The summed E-state index contributed by atoms with van der Waals surface area (Å²) in [6.45, 7) is 14.1. The maximum absolute atomic E-state index is 12.2. The van der Waals surface area contributed by atoms with Gasteiger partial charge in [-0.05, 0) is 150 Å². The van der Waals surface area contributed by atoms with Crippen LogP contribution in [-0.4, -0.2) is 238 Å². The van der Waals surface area contributed by atoms with E-state index < -0.39 is 41.8 Å². The Morgan fingerprint density at radius 2 is 0.930 bits per heavy atom. The number of carbonyl (C=O) groups is 14. The molecule has 37 nitrogen and oxygen atoms in total. The van der Waals surface area contributed by atoms with Gasteiger partial charge in [0.05, 0.1) is 77.7 Å². The highest BCUT2D eigenvalue weighted by Gasteiger charge is 2.22. The first-order chi connectivity index (χ1) is 68.3. The summed E-state index contributed by atoms with van der Waals surface area (Å²) in [5.41, 5.74) is 9.15. The zero-order valence-electron chi connectivity index (χ0n) is 81.0. The molecule has 5 heterocycles. The number of fused-ring (bicyclic) bond motifs is 1. The van der Waals surface area contributed by atoms with Crippen LogP contribution in [0.5, 0.6) is 0 Å². The summed E-state index contributed by atoms with van der Waals surface area (Å²) in [6, 6.07) is 42.9. The van der Waals surface area contributed by atoms with Crippen molar-refractivity contribution >= 4 is 149 Å². The molecule has 6 aromatic carbocycles. The first-order valence-electron chi connectivity index (χ1n) is 44.0. The third-order valence-electron chi connectivity index (χ3n) is 19.4. The fraction of sp³-hybridized carbons (Fsp3) is 0.265. The summed E-state index contributed by atoms with van der Waals surface area (Å²) in [5, 5.41) is 27.2. The minimum absolute atomic E-state index is 0.0811. The minimum atomic E-state index is -0.458. The number of amides is 7. The number of halogens is 2. The molecule has 0 aliphatic carbocycles. The van der Waals surface area contributed by atoms with Gasteiger partial charge in [-0.15, -0.1) is 11.8 Å². The molecule has 0 spiro atoms. The molecule has 0 saturated carbocycles. The zero-order valence-corrected chi connectivity index (χ0v) is 85.0. The average molecular weight is 2100 g/mol. The number of ether oxygens (including phenoxy) is 7. The normalized spacial score (nSPS) is 11.4. The van der Waals surface area contributed by atoms with Crippen molar-refractivity contribution in [2.45, 2.75) is 58.4 Å². The maximum Gasteiger partial charge on any atom is 0.330 e. The molecule has 40 heteroatoms. The molecule has 4 aromatic heterocycles. The van der Waals surface area contributed by atoms with Crippen LogP contribution in [0.2, 0.25) is 0 Å². The summed E-state index contributed by atoms with van der Waals surface area (Å²) in [5.74, 6) is -2.63. The summed E-state index contributed by atoms with van der Waals surface area (Å²) in [4.78, 5) is 175. The van der Waals surface area contributed by atoms with Crippen molar-refractivity contribution in [3.63, 3.8) is 0 Å². The van der Waals surface area contributed by atoms with Crippen LogP contribution in [0.1, 0.15) is 102 Å². The molecular weight excluding hydrogens is 1980 g/mol. The lowest BCUT2D eigenvalue weighted by Gasteiger charge is -2.20. The van der Waals surface area contributed by atoms with Gasteiger partial charge in [0.1, 0.15) is 17.7 Å². The number of esters is 7. The van der Waals surface area contributed by atoms with Crippen LogP contribution in [0.15, 0.2) is 276 Å². The second kappa shape index (κ2) is 65.9. The second-order valence-corrected chi connectivity index (χ2v) is 32.3. The van der Waals surface area contributed by atoms with E-state index in [0.717, 1.165) is 96.8 Å². The number of thioether (sulfide) groups is 1. The largest absolute Gasteiger partial charge is 0.466 e. The maximum atomic E-state index is 12.2. The van der Waals surface area contributed by atoms with Gasteiger partial charge >= 0.3 is 41.8 Å². The van der Waals surface area contributed by atoms with Crippen LogP contribution >= 0.6 is 43.6 Å². The number of H-pyrrole nitrogens is 1. The molecule has 1 atom stereocenters. The SMILES string of the molecule is CCNc1ccc(Br)cc1C(=O)NC/C=C/C(=O)OC.COC(=O)/C=C/CNC(=O)C(C)n1ccnc1C.COC(=O)/C=C/CNC(=O)CSc1ccc(Br)cc1.COC(=O)/C=C/CNC(=O)c1ccc(C)c(-n2cccc2)c1.COC(=O)/C=C/CNC(=O)c1ccccc1-c1ncc[nH]1.COC(=O)/C=C/CNC(=O)c1ccccc1N1CCCC1.COC(=O)/C=C/CNC(=O)c1nn(C)c2ccc(C)cc12. The monoisotopic (exact) mass is 2090 g/mol. The van der Waals surface area contributed by atoms with E-state index in [-0.39, 0.29) is 80.1 Å². The molecule has 1 aliphatic heterocycles. The van der Waals surface area contributed by atoms with Crippen LogP contribution in [0.3, 0.4) is 0 Å². The van der Waals surface area contributed by atoms with Crippen LogP contribution in [0.4, 0.5) is 11.4 Å². The van der Waals surface area contributed by atoms with Crippen LogP contribution in [-0.2, 0) is 83.4 Å². The van der Waals surface area contributed by atoms with Crippen molar-refractivity contribution < 1.29 is 100 Å². The standard InChI is InChI=1S/C17H18N2O3.C16H20N2O3.C15H17N3O3.C15H15N3O3.C14H17BrN2O3.C13H14BrNO3S.C12H17N3O3/c1-13-7-8-14(12-15(13)19-10-3-4-11-19)17(21)18-9-5-6-16(20)22-2;1-21-15(19)9-6-10-17-16(20)13-7-2-3-8-14(13)18-11-4-5-12-18;1-10-6-7-12-11(9-10)14(17-18(12)2)15(20)16-8-4-5-13(19)21-3;1-21-13(19)7-4-8-18-15(20)12-6-3-2-5-11(12)14-16-9-10-17-14;1-3-16-12-7-6-10(15)9-11(12)14(19)17-8-4-5-13(18)20-2;1-18-13(17)3-2-8-15-12(16)9-19-11-6-4-10(14)5-7-11;1-9(15-8-7-13-10(15)2)12(17)14-6-4-5-11(16)18-3/h3-8,10-12H,9H2,1-2H3,(H,18,21);2-3,6-9H,4-5,10-12H2,1H3,(H,17,20);4-7,9H,8H2,1-3H3,(H,16,20);2-7,9-10H,8H2,1H3,(H,16,17)(H,18,20);4-7,9,16H,3,8H2,1-2H3,(H,17,19);2-7H,8-9H2,1H3,(H,15,16);4-5,7-9H,6H2,1-3H3,(H,14,17)/b6-5+;9-6+;5-4+;7-4+;5-4+;3-2+;5-4+. The number of anilines is 2. The molecule has 10 aromatic rings. The van der Waals surface area contributed by atoms with Crippen LogP contribution < -0.4 is 47.4 Å². The summed E-state index contributed by atoms with van der Waals surface area (Å²) in [7, 11) is 10.9. The minimum Gasteiger partial charge on any atom is -0.466 e. The van der Waals surface area contributed by atoms with Crippen molar-refractivity contribution in [2.75, 3.05) is 131 Å². The van der Waals surface area contributed by atoms with E-state index in [2.05, 4.69) is 133 Å². The number of rotatable bonds is 36. The lowest BCUT2D eigenvalue weighted by Crippen LogP contribution is -2.31. The number of aromatic nitrogens is 7. The van der Waals surface area contributed by atoms with Crippen molar-refractivity contribution in [3.05, 3.63) is 316 Å². The first-order valence-corrected chi connectivity index (χ1v) is 46.6. The zero-order chi connectivity index (χ0) is 104. The molecule has 1 fully saturated rings. The number of nitrogens with one attached hydrogen (secondary N) is 9. The highest BCUT2D eigenvalue weighted by molar-refractivity contribution is 9.10. The van der Waals surface area contributed by atoms with Crippen molar-refractivity contribution in [3.8, 4) is 17.1 Å².